The van der Waals surface area contributed by atoms with Crippen molar-refractivity contribution in [2.24, 2.45) is 5.92 Å². The van der Waals surface area contributed by atoms with E-state index in [9.17, 15) is 0 Å². The Morgan fingerprint density at radius 3 is 1.83 bits per heavy atom. The molecule has 0 spiro atoms. The Morgan fingerprint density at radius 2 is 1.67 bits per heavy atom. The van der Waals surface area contributed by atoms with Crippen molar-refractivity contribution in [2.45, 2.75) is 33.6 Å². The van der Waals surface area contributed by atoms with Gasteiger partial charge in [-0.05, 0) is 44.9 Å². The molecule has 0 atom stereocenters. The molecule has 1 saturated heterocycles. The van der Waals surface area contributed by atoms with E-state index in [1.54, 1.807) is 0 Å². The molecule has 1 heterocycles. The molecule has 0 aromatic heterocycles. The van der Waals surface area contributed by atoms with Crippen LogP contribution in [0.2, 0.25) is 0 Å². The van der Waals surface area contributed by atoms with Gasteiger partial charge in [0.15, 0.2) is 0 Å². The van der Waals surface area contributed by atoms with E-state index in [1.165, 1.54) is 25.9 Å². The lowest BCUT2D eigenvalue weighted by Crippen LogP contribution is -2.26. The van der Waals surface area contributed by atoms with Crippen molar-refractivity contribution in [3.63, 3.8) is 0 Å². The van der Waals surface area contributed by atoms with E-state index in [4.69, 9.17) is 0 Å². The third-order valence-electron chi connectivity index (χ3n) is 2.13. The fourth-order valence-corrected chi connectivity index (χ4v) is 1.22. The SMILES string of the molecule is CC1CCNCC1.CCNCC. The van der Waals surface area contributed by atoms with E-state index in [0.717, 1.165) is 19.0 Å². The Balaban J connectivity index is 0.000000217. The van der Waals surface area contributed by atoms with Crippen LogP contribution >= 0.6 is 0 Å². The molecule has 1 fully saturated rings. The molecule has 2 heteroatoms. The van der Waals surface area contributed by atoms with E-state index in [-0.39, 0.29) is 0 Å². The first-order valence-electron chi connectivity index (χ1n) is 5.22. The van der Waals surface area contributed by atoms with Gasteiger partial charge in [-0.15, -0.1) is 0 Å². The number of hydrogen-bond donors (Lipinski definition) is 2. The van der Waals surface area contributed by atoms with Gasteiger partial charge in [0.2, 0.25) is 0 Å². The molecule has 12 heavy (non-hydrogen) atoms. The van der Waals surface area contributed by atoms with Gasteiger partial charge in [-0.25, -0.2) is 0 Å². The lowest BCUT2D eigenvalue weighted by Gasteiger charge is -2.17. The van der Waals surface area contributed by atoms with Crippen LogP contribution in [0.4, 0.5) is 0 Å². The molecule has 2 N–H and O–H groups in total. The van der Waals surface area contributed by atoms with Gasteiger partial charge >= 0.3 is 0 Å². The van der Waals surface area contributed by atoms with E-state index in [2.05, 4.69) is 31.4 Å². The second kappa shape index (κ2) is 9.01. The Bertz CT molecular complexity index is 75.9. The predicted octanol–water partition coefficient (Wildman–Crippen LogP) is 1.62. The minimum atomic E-state index is 0.973. The molecular weight excluding hydrogens is 148 g/mol. The maximum Gasteiger partial charge on any atom is -0.00464 e. The highest BCUT2D eigenvalue weighted by Gasteiger charge is 2.04. The van der Waals surface area contributed by atoms with Gasteiger partial charge in [-0.1, -0.05) is 20.8 Å². The molecular formula is C10H24N2. The first-order chi connectivity index (χ1) is 5.81. The van der Waals surface area contributed by atoms with Gasteiger partial charge in [-0.3, -0.25) is 0 Å². The van der Waals surface area contributed by atoms with Crippen molar-refractivity contribution in [1.82, 2.24) is 10.6 Å². The van der Waals surface area contributed by atoms with Gasteiger partial charge in [0, 0.05) is 0 Å². The average molecular weight is 172 g/mol. The summed E-state index contributed by atoms with van der Waals surface area (Å²) in [5.74, 6) is 0.973. The molecule has 1 rings (SSSR count). The quantitative estimate of drug-likeness (QED) is 0.661. The second-order valence-electron chi connectivity index (χ2n) is 3.39. The largest absolute Gasteiger partial charge is 0.317 e. The number of rotatable bonds is 2. The monoisotopic (exact) mass is 172 g/mol. The molecule has 0 saturated carbocycles. The summed E-state index contributed by atoms with van der Waals surface area (Å²) in [6.07, 6.45) is 2.75. The molecule has 2 nitrogen and oxygen atoms in total. The second-order valence-corrected chi connectivity index (χ2v) is 3.39. The van der Waals surface area contributed by atoms with Gasteiger partial charge in [0.25, 0.3) is 0 Å². The first kappa shape index (κ1) is 11.9. The van der Waals surface area contributed by atoms with Gasteiger partial charge in [0.05, 0.1) is 0 Å². The van der Waals surface area contributed by atoms with Crippen LogP contribution in [0, 0.1) is 5.92 Å². The van der Waals surface area contributed by atoms with Crippen molar-refractivity contribution in [3.05, 3.63) is 0 Å². The number of hydrogen-bond acceptors (Lipinski definition) is 2. The van der Waals surface area contributed by atoms with Crippen LogP contribution in [-0.2, 0) is 0 Å². The van der Waals surface area contributed by atoms with E-state index in [0.29, 0.717) is 0 Å². The molecule has 74 valence electrons. The summed E-state index contributed by atoms with van der Waals surface area (Å²) in [6.45, 7) is 11.2. The van der Waals surface area contributed by atoms with Crippen LogP contribution in [0.1, 0.15) is 33.6 Å². The van der Waals surface area contributed by atoms with Crippen LogP contribution in [0.15, 0.2) is 0 Å². The lowest BCUT2D eigenvalue weighted by atomic mass is 10.0. The summed E-state index contributed by atoms with van der Waals surface area (Å²) < 4.78 is 0. The molecule has 0 aromatic rings. The number of nitrogens with one attached hydrogen (secondary N) is 2. The summed E-state index contributed by atoms with van der Waals surface area (Å²) in [5, 5.41) is 6.43. The van der Waals surface area contributed by atoms with Crippen LogP contribution in [-0.4, -0.2) is 26.2 Å². The molecule has 0 unspecified atom stereocenters. The van der Waals surface area contributed by atoms with Crippen molar-refractivity contribution in [3.8, 4) is 0 Å². The van der Waals surface area contributed by atoms with Crippen LogP contribution in [0.3, 0.4) is 0 Å². The summed E-state index contributed by atoms with van der Waals surface area (Å²) in [5.41, 5.74) is 0. The maximum atomic E-state index is 3.32. The minimum Gasteiger partial charge on any atom is -0.317 e. The molecule has 0 aliphatic carbocycles. The minimum absolute atomic E-state index is 0.973. The van der Waals surface area contributed by atoms with Crippen LogP contribution in [0.5, 0.6) is 0 Å². The van der Waals surface area contributed by atoms with Gasteiger partial charge < -0.3 is 10.6 Å². The smallest absolute Gasteiger partial charge is 0.00464 e. The van der Waals surface area contributed by atoms with Gasteiger partial charge in [-0.2, -0.15) is 0 Å². The summed E-state index contributed by atoms with van der Waals surface area (Å²) in [6, 6.07) is 0. The van der Waals surface area contributed by atoms with Crippen molar-refractivity contribution >= 4 is 0 Å². The topological polar surface area (TPSA) is 24.1 Å². The zero-order valence-electron chi connectivity index (χ0n) is 8.82. The maximum absolute atomic E-state index is 3.32. The third kappa shape index (κ3) is 8.02. The standard InChI is InChI=1S/C6H13N.C4H11N/c1-6-2-4-7-5-3-6;1-3-5-4-2/h6-7H,2-5H2,1H3;5H,3-4H2,1-2H3. The Hall–Kier alpha value is -0.0800. The van der Waals surface area contributed by atoms with Crippen LogP contribution < -0.4 is 10.6 Å². The van der Waals surface area contributed by atoms with Crippen molar-refractivity contribution < 1.29 is 0 Å². The predicted molar refractivity (Wildman–Crippen MR) is 55.5 cm³/mol. The Morgan fingerprint density at radius 1 is 1.17 bits per heavy atom. The molecule has 0 bridgehead atoms. The average Bonchev–Trinajstić information content (AvgIpc) is 2.08. The Labute approximate surface area is 77.1 Å². The van der Waals surface area contributed by atoms with Crippen LogP contribution in [0.25, 0.3) is 0 Å². The lowest BCUT2D eigenvalue weighted by molar-refractivity contribution is 0.402. The highest BCUT2D eigenvalue weighted by molar-refractivity contribution is 4.62. The fourth-order valence-electron chi connectivity index (χ4n) is 1.22. The summed E-state index contributed by atoms with van der Waals surface area (Å²) >= 11 is 0. The summed E-state index contributed by atoms with van der Waals surface area (Å²) in [4.78, 5) is 0. The van der Waals surface area contributed by atoms with E-state index >= 15 is 0 Å². The zero-order valence-corrected chi connectivity index (χ0v) is 8.82. The van der Waals surface area contributed by atoms with E-state index < -0.39 is 0 Å². The third-order valence-corrected chi connectivity index (χ3v) is 2.13. The number of piperidine rings is 1. The highest BCUT2D eigenvalue weighted by Crippen LogP contribution is 2.08. The first-order valence-corrected chi connectivity index (χ1v) is 5.22. The van der Waals surface area contributed by atoms with Gasteiger partial charge in [0.1, 0.15) is 0 Å². The normalized spacial score (nSPS) is 18.2. The summed E-state index contributed by atoms with van der Waals surface area (Å²) in [7, 11) is 0. The Kier molecular flexibility index (Phi) is 8.95. The molecule has 1 aliphatic heterocycles. The molecule has 1 aliphatic rings. The van der Waals surface area contributed by atoms with Crippen molar-refractivity contribution in [1.29, 1.82) is 0 Å². The highest BCUT2D eigenvalue weighted by atomic mass is 14.9. The zero-order chi connectivity index (χ0) is 9.23. The fraction of sp³-hybridized carbons (Fsp3) is 1.00. The van der Waals surface area contributed by atoms with E-state index in [1.807, 2.05) is 0 Å². The molecule has 0 radical (unpaired) electrons. The van der Waals surface area contributed by atoms with Crippen molar-refractivity contribution in [2.75, 3.05) is 26.2 Å². The molecule has 0 aromatic carbocycles. The molecule has 0 amide bonds.